The second kappa shape index (κ2) is 7.08. The van der Waals surface area contributed by atoms with Crippen molar-refractivity contribution in [3.63, 3.8) is 0 Å². The highest BCUT2D eigenvalue weighted by molar-refractivity contribution is 5.77. The number of fused-ring (bicyclic) bond motifs is 5. The molecule has 0 spiro atoms. The maximum absolute atomic E-state index is 12.5. The van der Waals surface area contributed by atoms with E-state index in [0.717, 1.165) is 12.3 Å². The van der Waals surface area contributed by atoms with Crippen LogP contribution < -0.4 is 5.32 Å². The van der Waals surface area contributed by atoms with Gasteiger partial charge in [-0.25, -0.2) is 0 Å². The number of piperidine rings is 1. The molecule has 164 valence electrons. The molecule has 1 aromatic rings. The lowest BCUT2D eigenvalue weighted by Gasteiger charge is -2.67. The molecule has 0 aromatic heterocycles. The molecule has 3 aliphatic carbocycles. The monoisotopic (exact) mass is 409 g/mol. The number of carbonyl (C=O) groups excluding carboxylic acids is 1. The summed E-state index contributed by atoms with van der Waals surface area (Å²) in [5.41, 5.74) is 1.90. The van der Waals surface area contributed by atoms with E-state index in [1.807, 2.05) is 0 Å². The van der Waals surface area contributed by atoms with Crippen LogP contribution in [0, 0.1) is 34.0 Å². The zero-order chi connectivity index (χ0) is 21.1. The summed E-state index contributed by atoms with van der Waals surface area (Å²) in [6.07, 6.45) is 8.56. The molecule has 3 heteroatoms. The highest BCUT2D eigenvalue weighted by atomic mass is 16.5. The Bertz CT molecular complexity index is 804. The summed E-state index contributed by atoms with van der Waals surface area (Å²) < 4.78 is 6.78. The molecule has 7 atom stereocenters. The summed E-state index contributed by atoms with van der Waals surface area (Å²) in [4.78, 5) is 12.5. The number of nitrogens with one attached hydrogen (secondary N) is 1. The van der Waals surface area contributed by atoms with Crippen LogP contribution in [0.4, 0.5) is 0 Å². The minimum absolute atomic E-state index is 0.0466. The molecule has 5 rings (SSSR count). The minimum atomic E-state index is 0.0466. The van der Waals surface area contributed by atoms with Crippen LogP contribution in [0.25, 0.3) is 0 Å². The molecule has 4 fully saturated rings. The lowest BCUT2D eigenvalue weighted by molar-refractivity contribution is -0.218. The van der Waals surface area contributed by atoms with Gasteiger partial charge < -0.3 is 10.1 Å². The maximum atomic E-state index is 12.5. The fourth-order valence-electron chi connectivity index (χ4n) is 8.38. The van der Waals surface area contributed by atoms with Crippen molar-refractivity contribution >= 4 is 5.91 Å². The van der Waals surface area contributed by atoms with Crippen LogP contribution in [-0.4, -0.2) is 18.1 Å². The highest BCUT2D eigenvalue weighted by Gasteiger charge is 2.66. The first-order valence-electron chi connectivity index (χ1n) is 12.2. The lowest BCUT2D eigenvalue weighted by Crippen LogP contribution is -2.71. The Morgan fingerprint density at radius 3 is 2.53 bits per heavy atom. The Balaban J connectivity index is 1.53. The van der Waals surface area contributed by atoms with E-state index >= 15 is 0 Å². The summed E-state index contributed by atoms with van der Waals surface area (Å²) in [6.45, 7) is 10.6. The molecule has 1 N–H and O–H groups in total. The second-order valence-electron chi connectivity index (χ2n) is 11.9. The van der Waals surface area contributed by atoms with E-state index < -0.39 is 0 Å². The number of hydrogen-bond donors (Lipinski definition) is 1. The fraction of sp³-hybridized carbons (Fsp3) is 0.741. The Labute approximate surface area is 182 Å². The average Bonchev–Trinajstić information content (AvgIpc) is 3.11. The number of benzene rings is 1. The molecular formula is C27H39NO2. The molecule has 1 aliphatic heterocycles. The van der Waals surface area contributed by atoms with Crippen LogP contribution in [0.2, 0.25) is 0 Å². The van der Waals surface area contributed by atoms with Crippen molar-refractivity contribution in [3.05, 3.63) is 35.9 Å². The quantitative estimate of drug-likeness (QED) is 0.692. The fourth-order valence-corrected chi connectivity index (χ4v) is 8.38. The minimum Gasteiger partial charge on any atom is -0.371 e. The second-order valence-corrected chi connectivity index (χ2v) is 11.9. The van der Waals surface area contributed by atoms with Crippen molar-refractivity contribution in [2.45, 2.75) is 91.4 Å². The molecule has 30 heavy (non-hydrogen) atoms. The summed E-state index contributed by atoms with van der Waals surface area (Å²) in [5, 5.41) is 3.44. The average molecular weight is 410 g/mol. The molecule has 1 amide bonds. The van der Waals surface area contributed by atoms with Gasteiger partial charge in [-0.05, 0) is 71.7 Å². The zero-order valence-corrected chi connectivity index (χ0v) is 19.2. The van der Waals surface area contributed by atoms with Crippen LogP contribution >= 0.6 is 0 Å². The van der Waals surface area contributed by atoms with Gasteiger partial charge in [0, 0.05) is 6.42 Å². The van der Waals surface area contributed by atoms with Gasteiger partial charge in [0.1, 0.15) is 0 Å². The van der Waals surface area contributed by atoms with Crippen molar-refractivity contribution in [1.29, 1.82) is 0 Å². The van der Waals surface area contributed by atoms with Crippen LogP contribution in [-0.2, 0) is 16.1 Å². The highest BCUT2D eigenvalue weighted by Crippen LogP contribution is 2.68. The van der Waals surface area contributed by atoms with Gasteiger partial charge in [0.25, 0.3) is 0 Å². The molecule has 2 unspecified atom stereocenters. The van der Waals surface area contributed by atoms with Gasteiger partial charge >= 0.3 is 0 Å². The first-order chi connectivity index (χ1) is 14.3. The number of amides is 1. The SMILES string of the molecule is CC1(C)C(OCc2ccccc2)C2NC(=O)CC[C@]2(C)[C@@H]2CC[C@]3(C)CCC[C@H]3[C@@H]21. The van der Waals surface area contributed by atoms with Crippen LogP contribution in [0.3, 0.4) is 0 Å². The Morgan fingerprint density at radius 1 is 1.00 bits per heavy atom. The standard InChI is InChI=1S/C27H39NO2/c1-25(2)22-19-11-8-14-26(19,3)15-12-20(22)27(4)16-13-21(29)28-23(27)24(25)30-17-18-9-6-5-7-10-18/h5-7,9-10,19-20,22-24H,8,11-17H2,1-4H3,(H,28,29)/t19-,20+,22-,23?,24?,26-,27+/m0/s1. The normalized spacial score (nSPS) is 44.5. The molecule has 3 nitrogen and oxygen atoms in total. The van der Waals surface area contributed by atoms with Gasteiger partial charge in [0.15, 0.2) is 0 Å². The van der Waals surface area contributed by atoms with Gasteiger partial charge in [-0.2, -0.15) is 0 Å². The number of carbonyl (C=O) groups is 1. The van der Waals surface area contributed by atoms with Crippen molar-refractivity contribution in [1.82, 2.24) is 5.32 Å². The first-order valence-corrected chi connectivity index (χ1v) is 12.2. The van der Waals surface area contributed by atoms with E-state index in [1.54, 1.807) is 0 Å². The van der Waals surface area contributed by atoms with Crippen molar-refractivity contribution < 1.29 is 9.53 Å². The van der Waals surface area contributed by atoms with Gasteiger partial charge in [-0.1, -0.05) is 64.4 Å². The van der Waals surface area contributed by atoms with Gasteiger partial charge in [0.05, 0.1) is 18.8 Å². The largest absolute Gasteiger partial charge is 0.371 e. The van der Waals surface area contributed by atoms with Crippen molar-refractivity contribution in [2.75, 3.05) is 0 Å². The summed E-state index contributed by atoms with van der Waals surface area (Å²) >= 11 is 0. The van der Waals surface area contributed by atoms with Gasteiger partial charge in [0.2, 0.25) is 5.91 Å². The number of rotatable bonds is 3. The molecular weight excluding hydrogens is 370 g/mol. The number of ether oxygens (including phenoxy) is 1. The summed E-state index contributed by atoms with van der Waals surface area (Å²) in [7, 11) is 0. The molecule has 4 aliphatic rings. The maximum Gasteiger partial charge on any atom is 0.220 e. The summed E-state index contributed by atoms with van der Waals surface area (Å²) in [5.74, 6) is 2.37. The lowest BCUT2D eigenvalue weighted by atomic mass is 9.41. The van der Waals surface area contributed by atoms with E-state index in [4.69, 9.17) is 4.74 Å². The molecule has 1 saturated heterocycles. The molecule has 3 saturated carbocycles. The molecule has 0 radical (unpaired) electrons. The third kappa shape index (κ3) is 2.98. The van der Waals surface area contributed by atoms with Gasteiger partial charge in [-0.15, -0.1) is 0 Å². The van der Waals surface area contributed by atoms with Crippen molar-refractivity contribution in [3.8, 4) is 0 Å². The Morgan fingerprint density at radius 2 is 1.77 bits per heavy atom. The van der Waals surface area contributed by atoms with Crippen LogP contribution in [0.15, 0.2) is 30.3 Å². The van der Waals surface area contributed by atoms with E-state index in [9.17, 15) is 4.79 Å². The van der Waals surface area contributed by atoms with Crippen molar-refractivity contribution in [2.24, 2.45) is 34.0 Å². The Hall–Kier alpha value is -1.35. The smallest absolute Gasteiger partial charge is 0.220 e. The summed E-state index contributed by atoms with van der Waals surface area (Å²) in [6, 6.07) is 10.6. The predicted octanol–water partition coefficient (Wildman–Crippen LogP) is 5.73. The molecule has 1 heterocycles. The van der Waals surface area contributed by atoms with Crippen LogP contribution in [0.5, 0.6) is 0 Å². The molecule has 0 bridgehead atoms. The number of hydrogen-bond acceptors (Lipinski definition) is 2. The first kappa shape index (κ1) is 20.5. The van der Waals surface area contributed by atoms with Gasteiger partial charge in [-0.3, -0.25) is 4.79 Å². The van der Waals surface area contributed by atoms with E-state index in [0.29, 0.717) is 30.3 Å². The third-order valence-corrected chi connectivity index (χ3v) is 9.98. The molecule has 1 aromatic carbocycles. The topological polar surface area (TPSA) is 38.3 Å². The third-order valence-electron chi connectivity index (χ3n) is 9.98. The predicted molar refractivity (Wildman–Crippen MR) is 120 cm³/mol. The van der Waals surface area contributed by atoms with E-state index in [1.165, 1.54) is 37.7 Å². The van der Waals surface area contributed by atoms with E-state index in [-0.39, 0.29) is 28.9 Å². The van der Waals surface area contributed by atoms with Crippen LogP contribution in [0.1, 0.15) is 78.2 Å². The zero-order valence-electron chi connectivity index (χ0n) is 19.2. The van der Waals surface area contributed by atoms with E-state index in [2.05, 4.69) is 63.3 Å². The Kier molecular flexibility index (Phi) is 4.85.